The lowest BCUT2D eigenvalue weighted by atomic mass is 10.2. The Hall–Kier alpha value is -2.93. The van der Waals surface area contributed by atoms with Gasteiger partial charge in [0.15, 0.2) is 5.96 Å². The summed E-state index contributed by atoms with van der Waals surface area (Å²) < 4.78 is 0. The number of carbonyl (C=O) groups excluding carboxylic acids is 1. The van der Waals surface area contributed by atoms with Crippen molar-refractivity contribution >= 4 is 34.8 Å². The van der Waals surface area contributed by atoms with Gasteiger partial charge in [0.05, 0.1) is 0 Å². The number of aliphatic imine (C=N–C) groups is 1. The molecular formula is C21H26ClN5O2. The monoisotopic (exact) mass is 415 g/mol. The summed E-state index contributed by atoms with van der Waals surface area (Å²) in [6, 6.07) is 14.2. The molecule has 1 aliphatic rings. The second kappa shape index (κ2) is 10.0. The first-order valence-corrected chi connectivity index (χ1v) is 10.1. The van der Waals surface area contributed by atoms with Crippen LogP contribution in [0.25, 0.3) is 0 Å². The van der Waals surface area contributed by atoms with Gasteiger partial charge in [-0.05, 0) is 49.4 Å². The molecule has 29 heavy (non-hydrogen) atoms. The molecule has 3 N–H and O–H groups in total. The fraction of sp³-hybridized carbons (Fsp3) is 0.333. The molecule has 1 saturated heterocycles. The topological polar surface area (TPSA) is 80.2 Å². The van der Waals surface area contributed by atoms with Gasteiger partial charge in [0, 0.05) is 49.1 Å². The van der Waals surface area contributed by atoms with E-state index < -0.39 is 0 Å². The number of phenols is 1. The van der Waals surface area contributed by atoms with Gasteiger partial charge in [0.2, 0.25) is 5.91 Å². The number of anilines is 2. The van der Waals surface area contributed by atoms with Crippen molar-refractivity contribution in [2.24, 2.45) is 4.99 Å². The van der Waals surface area contributed by atoms with Gasteiger partial charge in [0.1, 0.15) is 12.3 Å². The van der Waals surface area contributed by atoms with Crippen LogP contribution in [0.15, 0.2) is 53.5 Å². The Bertz CT molecular complexity index is 848. The highest BCUT2D eigenvalue weighted by molar-refractivity contribution is 6.30. The van der Waals surface area contributed by atoms with E-state index in [0.29, 0.717) is 5.69 Å². The highest BCUT2D eigenvalue weighted by Crippen LogP contribution is 2.20. The smallest absolute Gasteiger partial charge is 0.246 e. The van der Waals surface area contributed by atoms with Gasteiger partial charge in [-0.3, -0.25) is 4.79 Å². The first-order chi connectivity index (χ1) is 14.0. The molecule has 1 fully saturated rings. The number of halogens is 1. The summed E-state index contributed by atoms with van der Waals surface area (Å²) in [6.45, 7) is 6.07. The predicted octanol–water partition coefficient (Wildman–Crippen LogP) is 2.77. The van der Waals surface area contributed by atoms with Crippen LogP contribution in [0.5, 0.6) is 5.75 Å². The third-order valence-electron chi connectivity index (χ3n) is 4.61. The second-order valence-corrected chi connectivity index (χ2v) is 7.16. The molecular weight excluding hydrogens is 390 g/mol. The molecule has 0 saturated carbocycles. The maximum Gasteiger partial charge on any atom is 0.246 e. The van der Waals surface area contributed by atoms with Gasteiger partial charge < -0.3 is 25.5 Å². The van der Waals surface area contributed by atoms with Crippen molar-refractivity contribution in [2.75, 3.05) is 49.5 Å². The highest BCUT2D eigenvalue weighted by atomic mass is 35.5. The molecule has 0 aromatic heterocycles. The summed E-state index contributed by atoms with van der Waals surface area (Å²) in [7, 11) is 0. The van der Waals surface area contributed by atoms with Gasteiger partial charge in [0.25, 0.3) is 0 Å². The second-order valence-electron chi connectivity index (χ2n) is 6.72. The number of guanidine groups is 1. The predicted molar refractivity (Wildman–Crippen MR) is 118 cm³/mol. The lowest BCUT2D eigenvalue weighted by Gasteiger charge is -2.37. The molecule has 8 heteroatoms. The number of benzene rings is 2. The molecule has 1 aliphatic heterocycles. The summed E-state index contributed by atoms with van der Waals surface area (Å²) in [5, 5.41) is 16.1. The Morgan fingerprint density at radius 3 is 2.52 bits per heavy atom. The largest absolute Gasteiger partial charge is 0.508 e. The molecule has 1 heterocycles. The van der Waals surface area contributed by atoms with Crippen molar-refractivity contribution in [1.29, 1.82) is 0 Å². The van der Waals surface area contributed by atoms with Crippen LogP contribution in [0.3, 0.4) is 0 Å². The molecule has 7 nitrogen and oxygen atoms in total. The van der Waals surface area contributed by atoms with Crippen molar-refractivity contribution in [3.05, 3.63) is 53.6 Å². The third kappa shape index (κ3) is 6.02. The number of piperazine rings is 1. The molecule has 0 radical (unpaired) electrons. The minimum atomic E-state index is -0.205. The van der Waals surface area contributed by atoms with Crippen LogP contribution in [-0.4, -0.2) is 61.1 Å². The lowest BCUT2D eigenvalue weighted by molar-refractivity contribution is -0.114. The molecule has 154 valence electrons. The van der Waals surface area contributed by atoms with E-state index in [9.17, 15) is 9.90 Å². The minimum Gasteiger partial charge on any atom is -0.508 e. The normalized spacial score (nSPS) is 14.6. The average Bonchev–Trinajstić information content (AvgIpc) is 2.73. The zero-order valence-electron chi connectivity index (χ0n) is 16.4. The fourth-order valence-electron chi connectivity index (χ4n) is 3.17. The number of nitrogens with zero attached hydrogens (tertiary/aromatic N) is 3. The molecule has 0 atom stereocenters. The molecule has 0 bridgehead atoms. The van der Waals surface area contributed by atoms with Crippen molar-refractivity contribution in [3.8, 4) is 5.75 Å². The van der Waals surface area contributed by atoms with E-state index in [1.807, 2.05) is 25.1 Å². The van der Waals surface area contributed by atoms with Crippen LogP contribution in [0, 0.1) is 0 Å². The fourth-order valence-corrected chi connectivity index (χ4v) is 3.35. The van der Waals surface area contributed by atoms with E-state index in [1.54, 1.807) is 12.1 Å². The number of amides is 1. The Morgan fingerprint density at radius 2 is 1.86 bits per heavy atom. The SMILES string of the molecule is CCNC(=NCC(=O)Nc1ccc(O)cc1)N1CCN(c2cccc(Cl)c2)CC1. The first-order valence-electron chi connectivity index (χ1n) is 9.68. The molecule has 0 unspecified atom stereocenters. The molecule has 2 aromatic carbocycles. The van der Waals surface area contributed by atoms with Gasteiger partial charge in [-0.1, -0.05) is 17.7 Å². The number of phenolic OH excluding ortho intramolecular Hbond substituents is 1. The number of hydrogen-bond acceptors (Lipinski definition) is 4. The number of aromatic hydroxyl groups is 1. The van der Waals surface area contributed by atoms with Gasteiger partial charge in [-0.25, -0.2) is 4.99 Å². The van der Waals surface area contributed by atoms with Crippen LogP contribution in [0.2, 0.25) is 5.02 Å². The number of hydrogen-bond donors (Lipinski definition) is 3. The Kier molecular flexibility index (Phi) is 7.19. The molecule has 1 amide bonds. The van der Waals surface area contributed by atoms with Gasteiger partial charge in [-0.2, -0.15) is 0 Å². The number of rotatable bonds is 5. The average molecular weight is 416 g/mol. The standard InChI is InChI=1S/C21H26ClN5O2/c1-2-23-21(24-15-20(29)25-17-6-8-19(28)9-7-17)27-12-10-26(11-13-27)18-5-3-4-16(22)14-18/h3-9,14,28H,2,10-13,15H2,1H3,(H,23,24)(H,25,29). The lowest BCUT2D eigenvalue weighted by Crippen LogP contribution is -2.52. The summed E-state index contributed by atoms with van der Waals surface area (Å²) in [4.78, 5) is 21.2. The van der Waals surface area contributed by atoms with Crippen LogP contribution < -0.4 is 15.5 Å². The summed E-state index contributed by atoms with van der Waals surface area (Å²) in [6.07, 6.45) is 0. The van der Waals surface area contributed by atoms with Crippen molar-refractivity contribution < 1.29 is 9.90 Å². The Labute approximate surface area is 176 Å². The number of nitrogens with one attached hydrogen (secondary N) is 2. The van der Waals surface area contributed by atoms with E-state index in [0.717, 1.165) is 49.4 Å². The van der Waals surface area contributed by atoms with E-state index in [2.05, 4.69) is 31.5 Å². The van der Waals surface area contributed by atoms with Gasteiger partial charge >= 0.3 is 0 Å². The van der Waals surface area contributed by atoms with Crippen molar-refractivity contribution in [3.63, 3.8) is 0 Å². The third-order valence-corrected chi connectivity index (χ3v) is 4.85. The quantitative estimate of drug-likeness (QED) is 0.397. The molecule has 2 aromatic rings. The van der Waals surface area contributed by atoms with Crippen LogP contribution in [-0.2, 0) is 4.79 Å². The zero-order valence-corrected chi connectivity index (χ0v) is 17.2. The molecule has 3 rings (SSSR count). The maximum absolute atomic E-state index is 12.2. The van der Waals surface area contributed by atoms with E-state index in [-0.39, 0.29) is 18.2 Å². The van der Waals surface area contributed by atoms with E-state index in [1.165, 1.54) is 12.1 Å². The minimum absolute atomic E-state index is 0.0255. The van der Waals surface area contributed by atoms with E-state index in [4.69, 9.17) is 11.6 Å². The van der Waals surface area contributed by atoms with E-state index >= 15 is 0 Å². The summed E-state index contributed by atoms with van der Waals surface area (Å²) in [5.41, 5.74) is 1.75. The molecule has 0 spiro atoms. The Morgan fingerprint density at radius 1 is 1.14 bits per heavy atom. The maximum atomic E-state index is 12.2. The van der Waals surface area contributed by atoms with Gasteiger partial charge in [-0.15, -0.1) is 0 Å². The summed E-state index contributed by atoms with van der Waals surface area (Å²) in [5.74, 6) is 0.690. The summed E-state index contributed by atoms with van der Waals surface area (Å²) >= 11 is 6.10. The van der Waals surface area contributed by atoms with Crippen LogP contribution >= 0.6 is 11.6 Å². The first kappa shape index (κ1) is 20.8. The Balaban J connectivity index is 1.56. The molecule has 0 aliphatic carbocycles. The van der Waals surface area contributed by atoms with Crippen molar-refractivity contribution in [2.45, 2.75) is 6.92 Å². The highest BCUT2D eigenvalue weighted by Gasteiger charge is 2.20. The zero-order chi connectivity index (χ0) is 20.6. The van der Waals surface area contributed by atoms with Crippen LogP contribution in [0.1, 0.15) is 6.92 Å². The number of carbonyl (C=O) groups is 1. The van der Waals surface area contributed by atoms with Crippen LogP contribution in [0.4, 0.5) is 11.4 Å². The van der Waals surface area contributed by atoms with Crippen molar-refractivity contribution in [1.82, 2.24) is 10.2 Å².